The van der Waals surface area contributed by atoms with Crippen molar-refractivity contribution in [3.63, 3.8) is 0 Å². The van der Waals surface area contributed by atoms with Gasteiger partial charge in [0.2, 0.25) is 5.91 Å². The second kappa shape index (κ2) is 7.43. The van der Waals surface area contributed by atoms with E-state index in [-0.39, 0.29) is 11.5 Å². The van der Waals surface area contributed by atoms with Crippen molar-refractivity contribution in [2.45, 2.75) is 6.92 Å². The first-order valence-electron chi connectivity index (χ1n) is 7.86. The molecule has 2 amide bonds. The molecule has 3 N–H and O–H groups in total. The van der Waals surface area contributed by atoms with E-state index in [1.54, 1.807) is 24.3 Å². The van der Waals surface area contributed by atoms with Gasteiger partial charge in [-0.15, -0.1) is 0 Å². The lowest BCUT2D eigenvalue weighted by molar-refractivity contribution is -0.114. The summed E-state index contributed by atoms with van der Waals surface area (Å²) in [4.78, 5) is 42.5. The molecular formula is C19H16N4O3. The van der Waals surface area contributed by atoms with Gasteiger partial charge in [-0.25, -0.2) is 4.98 Å². The summed E-state index contributed by atoms with van der Waals surface area (Å²) in [6, 6.07) is 15.8. The van der Waals surface area contributed by atoms with Gasteiger partial charge < -0.3 is 15.6 Å². The van der Waals surface area contributed by atoms with Gasteiger partial charge in [-0.3, -0.25) is 14.4 Å². The number of benzene rings is 2. The number of rotatable bonds is 4. The summed E-state index contributed by atoms with van der Waals surface area (Å²) in [5, 5.41) is 5.25. The second-order valence-electron chi connectivity index (χ2n) is 5.56. The number of aromatic amines is 1. The monoisotopic (exact) mass is 348 g/mol. The van der Waals surface area contributed by atoms with E-state index in [0.29, 0.717) is 17.2 Å². The number of aromatic nitrogens is 2. The molecule has 0 bridgehead atoms. The molecule has 0 unspecified atom stereocenters. The Kier molecular flexibility index (Phi) is 4.89. The summed E-state index contributed by atoms with van der Waals surface area (Å²) in [7, 11) is 0. The van der Waals surface area contributed by atoms with Crippen LogP contribution in [0.5, 0.6) is 0 Å². The van der Waals surface area contributed by atoms with E-state index in [4.69, 9.17) is 0 Å². The minimum atomic E-state index is -0.585. The molecule has 26 heavy (non-hydrogen) atoms. The molecule has 0 aliphatic heterocycles. The van der Waals surface area contributed by atoms with Crippen LogP contribution in [0.3, 0.4) is 0 Å². The van der Waals surface area contributed by atoms with Gasteiger partial charge in [0, 0.05) is 30.1 Å². The Morgan fingerprint density at radius 3 is 2.31 bits per heavy atom. The van der Waals surface area contributed by atoms with Crippen LogP contribution in [-0.2, 0) is 4.79 Å². The highest BCUT2D eigenvalue weighted by atomic mass is 16.2. The molecule has 3 aromatic rings. The van der Waals surface area contributed by atoms with Crippen LogP contribution >= 0.6 is 0 Å². The first-order chi connectivity index (χ1) is 12.5. The standard InChI is InChI=1S/C19H16N4O3/c1-12(24)21-14-8-5-9-15(10-14)22-18(25)16-11-20-17(23-19(16)26)13-6-3-2-4-7-13/h2-11H,1H3,(H,21,24)(H,22,25)(H,20,23,26). The number of amides is 2. The summed E-state index contributed by atoms with van der Waals surface area (Å²) >= 11 is 0. The topological polar surface area (TPSA) is 104 Å². The van der Waals surface area contributed by atoms with Crippen LogP contribution in [0.25, 0.3) is 11.4 Å². The van der Waals surface area contributed by atoms with E-state index in [1.807, 2.05) is 30.3 Å². The Morgan fingerprint density at radius 1 is 0.962 bits per heavy atom. The minimum Gasteiger partial charge on any atom is -0.326 e. The van der Waals surface area contributed by atoms with Crippen molar-refractivity contribution in [3.05, 3.63) is 76.7 Å². The molecule has 0 radical (unpaired) electrons. The van der Waals surface area contributed by atoms with Crippen LogP contribution in [-0.4, -0.2) is 21.8 Å². The lowest BCUT2D eigenvalue weighted by Gasteiger charge is -2.08. The molecule has 0 saturated heterocycles. The van der Waals surface area contributed by atoms with Crippen LogP contribution in [0.4, 0.5) is 11.4 Å². The molecule has 7 heteroatoms. The van der Waals surface area contributed by atoms with Gasteiger partial charge in [-0.2, -0.15) is 0 Å². The van der Waals surface area contributed by atoms with E-state index in [1.165, 1.54) is 13.1 Å². The average molecular weight is 348 g/mol. The molecule has 7 nitrogen and oxygen atoms in total. The highest BCUT2D eigenvalue weighted by Crippen LogP contribution is 2.16. The third-order valence-corrected chi connectivity index (χ3v) is 3.53. The van der Waals surface area contributed by atoms with Crippen molar-refractivity contribution < 1.29 is 9.59 Å². The fourth-order valence-electron chi connectivity index (χ4n) is 2.38. The van der Waals surface area contributed by atoms with E-state index in [9.17, 15) is 14.4 Å². The van der Waals surface area contributed by atoms with Crippen molar-refractivity contribution in [2.24, 2.45) is 0 Å². The Labute approximate surface area is 149 Å². The molecule has 1 heterocycles. The summed E-state index contributed by atoms with van der Waals surface area (Å²) in [6.07, 6.45) is 1.24. The van der Waals surface area contributed by atoms with E-state index in [0.717, 1.165) is 5.56 Å². The van der Waals surface area contributed by atoms with Gasteiger partial charge in [0.1, 0.15) is 11.4 Å². The van der Waals surface area contributed by atoms with E-state index >= 15 is 0 Å². The summed E-state index contributed by atoms with van der Waals surface area (Å²) in [5.41, 5.74) is 1.11. The van der Waals surface area contributed by atoms with Crippen molar-refractivity contribution >= 4 is 23.2 Å². The van der Waals surface area contributed by atoms with Gasteiger partial charge >= 0.3 is 0 Å². The maximum atomic E-state index is 12.4. The van der Waals surface area contributed by atoms with Gasteiger partial charge in [0.15, 0.2) is 0 Å². The van der Waals surface area contributed by atoms with Crippen LogP contribution < -0.4 is 16.2 Å². The Hall–Kier alpha value is -3.74. The van der Waals surface area contributed by atoms with Gasteiger partial charge in [0.25, 0.3) is 11.5 Å². The lowest BCUT2D eigenvalue weighted by Crippen LogP contribution is -2.24. The molecule has 130 valence electrons. The molecule has 0 saturated carbocycles. The molecule has 0 fully saturated rings. The SMILES string of the molecule is CC(=O)Nc1cccc(NC(=O)c2cnc(-c3ccccc3)[nH]c2=O)c1. The smallest absolute Gasteiger partial charge is 0.264 e. The third kappa shape index (κ3) is 4.02. The number of carbonyl (C=O) groups excluding carboxylic acids is 2. The molecule has 0 aliphatic carbocycles. The van der Waals surface area contributed by atoms with E-state index in [2.05, 4.69) is 20.6 Å². The highest BCUT2D eigenvalue weighted by Gasteiger charge is 2.13. The Bertz CT molecular complexity index is 1010. The maximum absolute atomic E-state index is 12.4. The van der Waals surface area contributed by atoms with E-state index < -0.39 is 11.5 Å². The number of anilines is 2. The minimum absolute atomic E-state index is 0.102. The number of nitrogens with one attached hydrogen (secondary N) is 3. The zero-order valence-electron chi connectivity index (χ0n) is 13.9. The Balaban J connectivity index is 1.80. The highest BCUT2D eigenvalue weighted by molar-refractivity contribution is 6.04. The average Bonchev–Trinajstić information content (AvgIpc) is 2.62. The predicted molar refractivity (Wildman–Crippen MR) is 99.0 cm³/mol. The molecular weight excluding hydrogens is 332 g/mol. The number of nitrogens with zero attached hydrogens (tertiary/aromatic N) is 1. The molecule has 2 aromatic carbocycles. The summed E-state index contributed by atoms with van der Waals surface area (Å²) in [5.74, 6) is -0.413. The van der Waals surface area contributed by atoms with Gasteiger partial charge in [-0.05, 0) is 18.2 Å². The molecule has 0 spiro atoms. The van der Waals surface area contributed by atoms with Crippen molar-refractivity contribution in [3.8, 4) is 11.4 Å². The fraction of sp³-hybridized carbons (Fsp3) is 0.0526. The molecule has 1 aromatic heterocycles. The molecule has 0 atom stereocenters. The number of carbonyl (C=O) groups is 2. The summed E-state index contributed by atoms with van der Waals surface area (Å²) in [6.45, 7) is 1.39. The van der Waals surface area contributed by atoms with Crippen molar-refractivity contribution in [2.75, 3.05) is 10.6 Å². The first-order valence-corrected chi connectivity index (χ1v) is 7.86. The third-order valence-electron chi connectivity index (χ3n) is 3.53. The molecule has 3 rings (SSSR count). The largest absolute Gasteiger partial charge is 0.326 e. The lowest BCUT2D eigenvalue weighted by atomic mass is 10.2. The zero-order valence-corrected chi connectivity index (χ0v) is 13.9. The van der Waals surface area contributed by atoms with Crippen molar-refractivity contribution in [1.29, 1.82) is 0 Å². The predicted octanol–water partition coefficient (Wildman–Crippen LogP) is 2.65. The number of hydrogen-bond acceptors (Lipinski definition) is 4. The molecule has 0 aliphatic rings. The van der Waals surface area contributed by atoms with Crippen molar-refractivity contribution in [1.82, 2.24) is 9.97 Å². The second-order valence-corrected chi connectivity index (χ2v) is 5.56. The van der Waals surface area contributed by atoms with Gasteiger partial charge in [0.05, 0.1) is 0 Å². The normalized spacial score (nSPS) is 10.2. The Morgan fingerprint density at radius 2 is 1.65 bits per heavy atom. The summed E-state index contributed by atoms with van der Waals surface area (Å²) < 4.78 is 0. The van der Waals surface area contributed by atoms with Crippen LogP contribution in [0.1, 0.15) is 17.3 Å². The van der Waals surface area contributed by atoms with Gasteiger partial charge in [-0.1, -0.05) is 36.4 Å². The number of hydrogen-bond donors (Lipinski definition) is 3. The first kappa shape index (κ1) is 17.1. The van der Waals surface area contributed by atoms with Crippen LogP contribution in [0, 0.1) is 0 Å². The van der Waals surface area contributed by atoms with Crippen LogP contribution in [0.15, 0.2) is 65.6 Å². The number of H-pyrrole nitrogens is 1. The maximum Gasteiger partial charge on any atom is 0.264 e. The zero-order chi connectivity index (χ0) is 18.5. The fourth-order valence-corrected chi connectivity index (χ4v) is 2.38. The van der Waals surface area contributed by atoms with Crippen LogP contribution in [0.2, 0.25) is 0 Å². The quantitative estimate of drug-likeness (QED) is 0.674.